The van der Waals surface area contributed by atoms with Crippen molar-refractivity contribution in [3.63, 3.8) is 0 Å². The van der Waals surface area contributed by atoms with Crippen LogP contribution < -0.4 is 18.9 Å². The number of nitrogens with zero attached hydrogens (tertiary/aromatic N) is 6. The number of H-pyrrole nitrogens is 2. The summed E-state index contributed by atoms with van der Waals surface area (Å²) < 4.78 is 9.69. The van der Waals surface area contributed by atoms with E-state index in [1.165, 1.54) is 54.5 Å². The van der Waals surface area contributed by atoms with Crippen LogP contribution in [-0.4, -0.2) is 42.2 Å². The van der Waals surface area contributed by atoms with E-state index in [1.54, 1.807) is 0 Å². The van der Waals surface area contributed by atoms with Crippen LogP contribution in [0.15, 0.2) is 97.1 Å². The van der Waals surface area contributed by atoms with Gasteiger partial charge in [0.1, 0.15) is 26.2 Å². The highest BCUT2D eigenvalue weighted by Gasteiger charge is 2.29. The molecule has 8 rings (SSSR count). The predicted octanol–water partition coefficient (Wildman–Crippen LogP) is 3.87. The average Bonchev–Trinajstić information content (AvgIpc) is 3.92. The minimum atomic E-state index is 0.837. The minimum absolute atomic E-state index is 0.837. The fourth-order valence-corrected chi connectivity index (χ4v) is 8.35. The molecule has 0 fully saturated rings. The monoisotopic (exact) mass is 696 g/mol. The Morgan fingerprint density at radius 3 is 1.35 bits per heavy atom. The lowest BCUT2D eigenvalue weighted by atomic mass is 10.3. The standard InChI is InChI=1S/C42H48N10/c1-5-49-35-21-13-9-17-31(35)43-39(49)27-47(28-40-44-32-18-10-14-22-36(32)50(40)6-2)25-26-48(29-41-45-33-19-11-15-23-37(33)51(41)7-3)30-42-46-34-20-12-16-24-38(34)52(42)8-4/h9-24H,5-8,25-30H2,1-4H3/p+4. The van der Waals surface area contributed by atoms with Crippen molar-refractivity contribution in [1.29, 1.82) is 0 Å². The zero-order valence-corrected chi connectivity index (χ0v) is 31.0. The summed E-state index contributed by atoms with van der Waals surface area (Å²) in [6.45, 7) is 17.9. The summed E-state index contributed by atoms with van der Waals surface area (Å²) in [5.74, 6) is 4.80. The van der Waals surface area contributed by atoms with E-state index in [1.807, 2.05) is 0 Å². The van der Waals surface area contributed by atoms with E-state index < -0.39 is 0 Å². The Labute approximate surface area is 305 Å². The molecule has 0 aliphatic carbocycles. The van der Waals surface area contributed by atoms with Gasteiger partial charge in [-0.05, 0) is 76.2 Å². The number of benzene rings is 4. The van der Waals surface area contributed by atoms with Gasteiger partial charge in [0.15, 0.2) is 46.8 Å². The number of hydrogen-bond donors (Lipinski definition) is 4. The van der Waals surface area contributed by atoms with Crippen molar-refractivity contribution < 1.29 is 18.9 Å². The van der Waals surface area contributed by atoms with Gasteiger partial charge in [-0.15, -0.1) is 0 Å². The molecule has 0 radical (unpaired) electrons. The minimum Gasteiger partial charge on any atom is -0.324 e. The van der Waals surface area contributed by atoms with Crippen LogP contribution in [0.4, 0.5) is 0 Å². The number of aryl methyl sites for hydroxylation is 4. The second-order valence-corrected chi connectivity index (χ2v) is 13.9. The first kappa shape index (κ1) is 33.8. The van der Waals surface area contributed by atoms with Crippen molar-refractivity contribution in [2.24, 2.45) is 0 Å². The number of quaternary nitrogens is 2. The van der Waals surface area contributed by atoms with Crippen LogP contribution in [0.5, 0.6) is 0 Å². The summed E-state index contributed by atoms with van der Waals surface area (Å²) >= 11 is 0. The fourth-order valence-electron chi connectivity index (χ4n) is 8.35. The highest BCUT2D eigenvalue weighted by atomic mass is 15.3. The first-order valence-corrected chi connectivity index (χ1v) is 19.1. The fraction of sp³-hybridized carbons (Fsp3) is 0.333. The molecular weight excluding hydrogens is 645 g/mol. The summed E-state index contributed by atoms with van der Waals surface area (Å²) in [6, 6.07) is 34.5. The lowest BCUT2D eigenvalue weighted by Crippen LogP contribution is -3.18. The molecule has 0 saturated heterocycles. The molecule has 266 valence electrons. The van der Waals surface area contributed by atoms with Crippen LogP contribution in [-0.2, 0) is 52.4 Å². The summed E-state index contributed by atoms with van der Waals surface area (Å²) in [6.07, 6.45) is 0. The topological polar surface area (TPSA) is 83.9 Å². The van der Waals surface area contributed by atoms with Gasteiger partial charge in [-0.25, -0.2) is 29.1 Å². The molecule has 0 aliphatic rings. The molecule has 0 bridgehead atoms. The van der Waals surface area contributed by atoms with Gasteiger partial charge in [-0.2, -0.15) is 0 Å². The van der Waals surface area contributed by atoms with E-state index in [-0.39, 0.29) is 0 Å². The first-order chi connectivity index (χ1) is 25.6. The SMILES string of the molecule is CCn1c(C[NH+](CC[NH+](Cc2nc3ccccc3n2CC)Cc2[nH]c3ccccc3[n+]2CC)Cc2[nH]c3ccccc3[n+]2CC)nc2ccccc21. The number of para-hydroxylation sites is 8. The van der Waals surface area contributed by atoms with Gasteiger partial charge < -0.3 is 18.9 Å². The second-order valence-electron chi connectivity index (χ2n) is 13.9. The number of aromatic nitrogens is 8. The molecule has 10 heteroatoms. The first-order valence-electron chi connectivity index (χ1n) is 19.1. The Kier molecular flexibility index (Phi) is 9.58. The quantitative estimate of drug-likeness (QED) is 0.123. The maximum atomic E-state index is 5.20. The van der Waals surface area contributed by atoms with Gasteiger partial charge in [0, 0.05) is 13.1 Å². The number of imidazole rings is 4. The van der Waals surface area contributed by atoms with Gasteiger partial charge in [-0.3, -0.25) is 0 Å². The molecule has 52 heavy (non-hydrogen) atoms. The molecule has 10 nitrogen and oxygen atoms in total. The summed E-state index contributed by atoms with van der Waals surface area (Å²) in [7, 11) is 0. The van der Waals surface area contributed by atoms with Crippen LogP contribution in [0.3, 0.4) is 0 Å². The molecule has 4 N–H and O–H groups in total. The maximum Gasteiger partial charge on any atom is 0.311 e. The Morgan fingerprint density at radius 1 is 0.519 bits per heavy atom. The zero-order chi connectivity index (χ0) is 35.6. The molecule has 8 aromatic rings. The predicted molar refractivity (Wildman–Crippen MR) is 206 cm³/mol. The van der Waals surface area contributed by atoms with E-state index in [0.717, 1.165) is 88.1 Å². The molecule has 2 unspecified atom stereocenters. The van der Waals surface area contributed by atoms with Crippen molar-refractivity contribution >= 4 is 44.1 Å². The Bertz CT molecular complexity index is 2120. The third kappa shape index (κ3) is 6.37. The highest BCUT2D eigenvalue weighted by Crippen LogP contribution is 2.17. The van der Waals surface area contributed by atoms with Crippen LogP contribution in [0.25, 0.3) is 44.1 Å². The highest BCUT2D eigenvalue weighted by molar-refractivity contribution is 5.76. The molecule has 0 saturated carbocycles. The smallest absolute Gasteiger partial charge is 0.311 e. The molecule has 4 aromatic carbocycles. The van der Waals surface area contributed by atoms with Crippen molar-refractivity contribution in [1.82, 2.24) is 29.1 Å². The number of aromatic amines is 2. The van der Waals surface area contributed by atoms with Crippen molar-refractivity contribution in [3.05, 3.63) is 120 Å². The van der Waals surface area contributed by atoms with E-state index >= 15 is 0 Å². The van der Waals surface area contributed by atoms with Crippen LogP contribution in [0, 0.1) is 0 Å². The molecule has 4 heterocycles. The molecular formula is C42H52N10+4. The van der Waals surface area contributed by atoms with E-state index in [9.17, 15) is 0 Å². The van der Waals surface area contributed by atoms with Crippen LogP contribution in [0.1, 0.15) is 51.0 Å². The summed E-state index contributed by atoms with van der Waals surface area (Å²) in [5, 5.41) is 0. The molecule has 2 atom stereocenters. The Morgan fingerprint density at radius 2 is 0.923 bits per heavy atom. The summed E-state index contributed by atoms with van der Waals surface area (Å²) in [4.78, 5) is 21.0. The summed E-state index contributed by atoms with van der Waals surface area (Å²) in [5.41, 5.74) is 9.46. The number of nitrogens with one attached hydrogen (secondary N) is 4. The van der Waals surface area contributed by atoms with Gasteiger partial charge in [-0.1, -0.05) is 48.5 Å². The van der Waals surface area contributed by atoms with Crippen molar-refractivity contribution in [2.75, 3.05) is 13.1 Å². The second kappa shape index (κ2) is 14.7. The van der Waals surface area contributed by atoms with Crippen molar-refractivity contribution in [3.8, 4) is 0 Å². The number of fused-ring (bicyclic) bond motifs is 4. The van der Waals surface area contributed by atoms with Gasteiger partial charge in [0.05, 0.1) is 35.2 Å². The van der Waals surface area contributed by atoms with E-state index in [0.29, 0.717) is 0 Å². The molecule has 0 aliphatic heterocycles. The van der Waals surface area contributed by atoms with Crippen LogP contribution >= 0.6 is 0 Å². The Balaban J connectivity index is 1.16. The third-order valence-electron chi connectivity index (χ3n) is 10.8. The van der Waals surface area contributed by atoms with Crippen molar-refractivity contribution in [2.45, 2.75) is 80.1 Å². The lowest BCUT2D eigenvalue weighted by molar-refractivity contribution is -0.990. The average molecular weight is 697 g/mol. The molecule has 0 spiro atoms. The largest absolute Gasteiger partial charge is 0.324 e. The molecule has 0 amide bonds. The maximum absolute atomic E-state index is 5.20. The number of rotatable bonds is 15. The third-order valence-corrected chi connectivity index (χ3v) is 10.8. The van der Waals surface area contributed by atoms with E-state index in [4.69, 9.17) is 9.97 Å². The zero-order valence-electron chi connectivity index (χ0n) is 31.0. The van der Waals surface area contributed by atoms with Gasteiger partial charge in [0.2, 0.25) is 0 Å². The number of hydrogen-bond acceptors (Lipinski definition) is 2. The van der Waals surface area contributed by atoms with Gasteiger partial charge in [0.25, 0.3) is 0 Å². The van der Waals surface area contributed by atoms with Gasteiger partial charge >= 0.3 is 11.6 Å². The molecule has 4 aromatic heterocycles. The Hall–Kier alpha value is -5.32. The van der Waals surface area contributed by atoms with E-state index in [2.05, 4.69) is 153 Å². The normalized spacial score (nSPS) is 13.2. The lowest BCUT2D eigenvalue weighted by Gasteiger charge is -2.22. The van der Waals surface area contributed by atoms with Crippen LogP contribution in [0.2, 0.25) is 0 Å².